The van der Waals surface area contributed by atoms with E-state index in [9.17, 15) is 17.2 Å². The lowest BCUT2D eigenvalue weighted by atomic mass is 10.1. The third-order valence-electron chi connectivity index (χ3n) is 4.48. The Balaban J connectivity index is 1.68. The maximum atomic E-state index is 13.8. The van der Waals surface area contributed by atoms with Gasteiger partial charge in [-0.25, -0.2) is 17.2 Å². The van der Waals surface area contributed by atoms with Gasteiger partial charge in [-0.15, -0.1) is 0 Å². The maximum Gasteiger partial charge on any atom is 0.246 e. The summed E-state index contributed by atoms with van der Waals surface area (Å²) in [5.41, 5.74) is 2.40. The van der Waals surface area contributed by atoms with Crippen molar-refractivity contribution >= 4 is 10.0 Å². The average Bonchev–Trinajstić information content (AvgIpc) is 2.57. The first-order valence-corrected chi connectivity index (χ1v) is 9.64. The Labute approximate surface area is 146 Å². The summed E-state index contributed by atoms with van der Waals surface area (Å²) in [7, 11) is -4.01. The van der Waals surface area contributed by atoms with Gasteiger partial charge in [0, 0.05) is 5.56 Å². The molecule has 1 fully saturated rings. The fourth-order valence-electron chi connectivity index (χ4n) is 3.14. The molecule has 1 saturated heterocycles. The van der Waals surface area contributed by atoms with Crippen LogP contribution in [0.3, 0.4) is 0 Å². The number of aryl methyl sites for hydroxylation is 1. The van der Waals surface area contributed by atoms with Crippen LogP contribution in [0.4, 0.5) is 8.78 Å². The van der Waals surface area contributed by atoms with Crippen LogP contribution in [0.2, 0.25) is 0 Å². The number of rotatable bonds is 4. The first-order chi connectivity index (χ1) is 11.9. The van der Waals surface area contributed by atoms with Gasteiger partial charge >= 0.3 is 0 Å². The Morgan fingerprint density at radius 3 is 2.48 bits per heavy atom. The molecule has 2 aromatic carbocycles. The zero-order chi connectivity index (χ0) is 18.0. The fourth-order valence-corrected chi connectivity index (χ4v) is 4.66. The van der Waals surface area contributed by atoms with Crippen molar-refractivity contribution in [3.8, 4) is 0 Å². The highest BCUT2D eigenvalue weighted by molar-refractivity contribution is 7.89. The van der Waals surface area contributed by atoms with Crippen molar-refractivity contribution in [3.63, 3.8) is 0 Å². The van der Waals surface area contributed by atoms with E-state index in [1.165, 1.54) is 20.3 Å². The highest BCUT2D eigenvalue weighted by atomic mass is 32.2. The van der Waals surface area contributed by atoms with Crippen LogP contribution in [-0.4, -0.2) is 38.9 Å². The van der Waals surface area contributed by atoms with Crippen LogP contribution >= 0.6 is 0 Å². The van der Waals surface area contributed by atoms with Crippen LogP contribution in [0.1, 0.15) is 11.1 Å². The van der Waals surface area contributed by atoms with Gasteiger partial charge in [-0.05, 0) is 25.1 Å². The van der Waals surface area contributed by atoms with Crippen LogP contribution in [0.5, 0.6) is 0 Å². The molecule has 4 nitrogen and oxygen atoms in total. The molecule has 1 aliphatic rings. The Kier molecular flexibility index (Phi) is 5.17. The zero-order valence-electron chi connectivity index (χ0n) is 14.0. The number of piperazine rings is 1. The second-order valence-electron chi connectivity index (χ2n) is 6.39. The fraction of sp³-hybridized carbons (Fsp3) is 0.333. The molecule has 25 heavy (non-hydrogen) atoms. The summed E-state index contributed by atoms with van der Waals surface area (Å²) in [5.74, 6) is -1.68. The van der Waals surface area contributed by atoms with Crippen molar-refractivity contribution in [2.45, 2.75) is 18.4 Å². The molecular formula is C18H21F2N2O2S+. The molecule has 1 aliphatic heterocycles. The summed E-state index contributed by atoms with van der Waals surface area (Å²) in [6.45, 7) is 4.70. The lowest BCUT2D eigenvalue weighted by Gasteiger charge is -2.31. The molecule has 0 unspecified atom stereocenters. The van der Waals surface area contributed by atoms with Gasteiger partial charge < -0.3 is 4.90 Å². The van der Waals surface area contributed by atoms with Gasteiger partial charge in [-0.2, -0.15) is 4.31 Å². The molecule has 134 valence electrons. The molecule has 0 aromatic heterocycles. The number of quaternary nitrogens is 1. The molecule has 0 spiro atoms. The normalized spacial score (nSPS) is 16.9. The van der Waals surface area contributed by atoms with E-state index in [4.69, 9.17) is 0 Å². The van der Waals surface area contributed by atoms with Crippen molar-refractivity contribution < 1.29 is 22.1 Å². The molecule has 0 saturated carbocycles. The van der Waals surface area contributed by atoms with Crippen LogP contribution in [0.25, 0.3) is 0 Å². The number of nitrogens with zero attached hydrogens (tertiary/aromatic N) is 1. The van der Waals surface area contributed by atoms with Crippen LogP contribution in [0.15, 0.2) is 47.4 Å². The maximum absolute atomic E-state index is 13.8. The first-order valence-electron chi connectivity index (χ1n) is 8.20. The van der Waals surface area contributed by atoms with Crippen LogP contribution in [0, 0.1) is 18.6 Å². The van der Waals surface area contributed by atoms with Crippen LogP contribution < -0.4 is 4.90 Å². The van der Waals surface area contributed by atoms with E-state index in [1.807, 2.05) is 19.1 Å². The molecule has 1 N–H and O–H groups in total. The van der Waals surface area contributed by atoms with Gasteiger partial charge in [-0.3, -0.25) is 0 Å². The molecular weight excluding hydrogens is 346 g/mol. The summed E-state index contributed by atoms with van der Waals surface area (Å²) in [6.07, 6.45) is 0. The Bertz CT molecular complexity index is 863. The highest BCUT2D eigenvalue weighted by Crippen LogP contribution is 2.20. The first kappa shape index (κ1) is 18.0. The minimum Gasteiger partial charge on any atom is -0.329 e. The van der Waals surface area contributed by atoms with Crippen molar-refractivity contribution in [2.75, 3.05) is 26.2 Å². The van der Waals surface area contributed by atoms with Crippen LogP contribution in [-0.2, 0) is 16.6 Å². The van der Waals surface area contributed by atoms with E-state index in [0.717, 1.165) is 24.7 Å². The number of hydrogen-bond acceptors (Lipinski definition) is 2. The van der Waals surface area contributed by atoms with Gasteiger partial charge in [0.2, 0.25) is 10.0 Å². The van der Waals surface area contributed by atoms with E-state index >= 15 is 0 Å². The standard InChI is InChI=1S/C18H20F2N2O2S/c1-14-3-2-4-15(11-14)13-21-7-9-22(10-8-21)25(23,24)18-12-16(19)5-6-17(18)20/h2-6,11-12H,7-10,13H2,1H3/p+1. The number of halogens is 2. The lowest BCUT2D eigenvalue weighted by molar-refractivity contribution is -0.917. The van der Waals surface area contributed by atoms with Gasteiger partial charge in [0.25, 0.3) is 0 Å². The number of hydrogen-bond donors (Lipinski definition) is 1. The summed E-state index contributed by atoms with van der Waals surface area (Å²) < 4.78 is 53.6. The molecule has 0 radical (unpaired) electrons. The topological polar surface area (TPSA) is 41.8 Å². The molecule has 0 amide bonds. The van der Waals surface area contributed by atoms with Crippen molar-refractivity contribution in [1.29, 1.82) is 0 Å². The van der Waals surface area contributed by atoms with E-state index in [-0.39, 0.29) is 0 Å². The summed E-state index contributed by atoms with van der Waals surface area (Å²) in [5, 5.41) is 0. The monoisotopic (exact) mass is 367 g/mol. The number of benzene rings is 2. The van der Waals surface area contributed by atoms with Gasteiger partial charge in [0.05, 0.1) is 26.2 Å². The average molecular weight is 367 g/mol. The second-order valence-corrected chi connectivity index (χ2v) is 8.30. The molecule has 1 heterocycles. The Morgan fingerprint density at radius 1 is 1.08 bits per heavy atom. The minimum atomic E-state index is -4.01. The predicted octanol–water partition coefficient (Wildman–Crippen LogP) is 1.36. The van der Waals surface area contributed by atoms with Gasteiger partial charge in [-0.1, -0.05) is 29.8 Å². The summed E-state index contributed by atoms with van der Waals surface area (Å²) in [6, 6.07) is 10.7. The smallest absolute Gasteiger partial charge is 0.246 e. The number of nitrogens with one attached hydrogen (secondary N) is 1. The van der Waals surface area contributed by atoms with E-state index < -0.39 is 26.6 Å². The largest absolute Gasteiger partial charge is 0.329 e. The summed E-state index contributed by atoms with van der Waals surface area (Å²) >= 11 is 0. The molecule has 7 heteroatoms. The molecule has 2 aromatic rings. The van der Waals surface area contributed by atoms with E-state index in [0.29, 0.717) is 26.2 Å². The third-order valence-corrected chi connectivity index (χ3v) is 6.39. The second kappa shape index (κ2) is 7.19. The van der Waals surface area contributed by atoms with Gasteiger partial charge in [0.1, 0.15) is 23.1 Å². The van der Waals surface area contributed by atoms with Crippen molar-refractivity contribution in [2.24, 2.45) is 0 Å². The third kappa shape index (κ3) is 4.05. The minimum absolute atomic E-state index is 0.291. The molecule has 0 atom stereocenters. The van der Waals surface area contributed by atoms with E-state index in [2.05, 4.69) is 12.1 Å². The Morgan fingerprint density at radius 2 is 1.80 bits per heavy atom. The number of sulfonamides is 1. The SMILES string of the molecule is Cc1cccc(C[NH+]2CCN(S(=O)(=O)c3cc(F)ccc3F)CC2)c1. The molecule has 3 rings (SSSR count). The van der Waals surface area contributed by atoms with Crippen molar-refractivity contribution in [3.05, 3.63) is 65.2 Å². The van der Waals surface area contributed by atoms with Crippen molar-refractivity contribution in [1.82, 2.24) is 4.31 Å². The Hall–Kier alpha value is -1.83. The highest BCUT2D eigenvalue weighted by Gasteiger charge is 2.32. The zero-order valence-corrected chi connectivity index (χ0v) is 14.8. The predicted molar refractivity (Wildman–Crippen MR) is 90.7 cm³/mol. The van der Waals surface area contributed by atoms with E-state index in [1.54, 1.807) is 0 Å². The molecule has 0 bridgehead atoms. The quantitative estimate of drug-likeness (QED) is 0.887. The lowest BCUT2D eigenvalue weighted by Crippen LogP contribution is -3.13. The van der Waals surface area contributed by atoms with Gasteiger partial charge in [0.15, 0.2) is 0 Å². The molecule has 0 aliphatic carbocycles. The summed E-state index contributed by atoms with van der Waals surface area (Å²) in [4.78, 5) is 0.686.